The molecule has 0 aliphatic carbocycles. The van der Waals surface area contributed by atoms with Gasteiger partial charge in [-0.3, -0.25) is 4.79 Å². The molecule has 4 rings (SSSR count). The van der Waals surface area contributed by atoms with E-state index in [4.69, 9.17) is 4.98 Å². The van der Waals surface area contributed by atoms with Crippen LogP contribution in [0.2, 0.25) is 0 Å². The third-order valence-corrected chi connectivity index (χ3v) is 5.34. The Labute approximate surface area is 150 Å². The number of carbonyl (C=O) groups is 1. The number of amides is 1. The van der Waals surface area contributed by atoms with Gasteiger partial charge in [-0.05, 0) is 36.4 Å². The molecule has 0 bridgehead atoms. The Kier molecular flexibility index (Phi) is 3.86. The lowest BCUT2D eigenvalue weighted by molar-refractivity contribution is 0.0997. The van der Waals surface area contributed by atoms with Crippen molar-refractivity contribution >= 4 is 34.0 Å². The predicted molar refractivity (Wildman–Crippen MR) is 103 cm³/mol. The Morgan fingerprint density at radius 3 is 2.48 bits per heavy atom. The first-order chi connectivity index (χ1) is 12.1. The van der Waals surface area contributed by atoms with Crippen LogP contribution in [0.5, 0.6) is 0 Å². The van der Waals surface area contributed by atoms with Gasteiger partial charge in [-0.25, -0.2) is 4.98 Å². The van der Waals surface area contributed by atoms with Crippen LogP contribution in [0.3, 0.4) is 0 Å². The molecular weight excluding hydrogens is 330 g/mol. The van der Waals surface area contributed by atoms with Gasteiger partial charge < -0.3 is 9.47 Å². The van der Waals surface area contributed by atoms with Crippen LogP contribution in [0.25, 0.3) is 21.7 Å². The standard InChI is InChI=1S/C20H17N3OS/c1-22(14-8-4-3-5-9-14)20(24)18-13-12-17(25-18)19-21-15-10-6-7-11-16(15)23(19)2/h3-13H,1-2H3. The van der Waals surface area contributed by atoms with E-state index in [0.717, 1.165) is 27.4 Å². The molecule has 1 amide bonds. The predicted octanol–water partition coefficient (Wildman–Crippen LogP) is 4.58. The highest BCUT2D eigenvalue weighted by atomic mass is 32.1. The number of fused-ring (bicyclic) bond motifs is 1. The average molecular weight is 347 g/mol. The lowest BCUT2D eigenvalue weighted by Crippen LogP contribution is -2.25. The van der Waals surface area contributed by atoms with Crippen molar-refractivity contribution in [1.82, 2.24) is 9.55 Å². The second kappa shape index (κ2) is 6.18. The zero-order chi connectivity index (χ0) is 17.4. The maximum atomic E-state index is 12.8. The Hall–Kier alpha value is -2.92. The summed E-state index contributed by atoms with van der Waals surface area (Å²) in [6, 6.07) is 21.5. The summed E-state index contributed by atoms with van der Waals surface area (Å²) in [5, 5.41) is 0. The summed E-state index contributed by atoms with van der Waals surface area (Å²) in [6.45, 7) is 0. The second-order valence-electron chi connectivity index (χ2n) is 5.85. The molecule has 4 nitrogen and oxygen atoms in total. The van der Waals surface area contributed by atoms with Crippen molar-refractivity contribution in [2.24, 2.45) is 7.05 Å². The number of rotatable bonds is 3. The number of aryl methyl sites for hydroxylation is 1. The van der Waals surface area contributed by atoms with Crippen molar-refractivity contribution in [2.75, 3.05) is 11.9 Å². The van der Waals surface area contributed by atoms with Gasteiger partial charge in [0.15, 0.2) is 5.82 Å². The molecular formula is C20H17N3OS. The lowest BCUT2D eigenvalue weighted by atomic mass is 10.3. The van der Waals surface area contributed by atoms with Crippen LogP contribution in [-0.4, -0.2) is 22.5 Å². The SMILES string of the molecule is CN(C(=O)c1ccc(-c2nc3ccccc3n2C)s1)c1ccccc1. The van der Waals surface area contributed by atoms with E-state index in [1.54, 1.807) is 11.9 Å². The monoisotopic (exact) mass is 347 g/mol. The Morgan fingerprint density at radius 2 is 1.72 bits per heavy atom. The van der Waals surface area contributed by atoms with E-state index in [0.29, 0.717) is 4.88 Å². The van der Waals surface area contributed by atoms with Crippen LogP contribution >= 0.6 is 11.3 Å². The van der Waals surface area contributed by atoms with Gasteiger partial charge in [0.05, 0.1) is 20.8 Å². The number of hydrogen-bond donors (Lipinski definition) is 0. The Bertz CT molecular complexity index is 1050. The normalized spacial score (nSPS) is 11.0. The van der Waals surface area contributed by atoms with E-state index < -0.39 is 0 Å². The molecule has 0 unspecified atom stereocenters. The van der Waals surface area contributed by atoms with E-state index in [-0.39, 0.29) is 5.91 Å². The molecule has 0 aliphatic heterocycles. The first-order valence-corrected chi connectivity index (χ1v) is 8.81. The molecule has 2 aromatic carbocycles. The number of anilines is 1. The minimum Gasteiger partial charge on any atom is -0.326 e. The van der Waals surface area contributed by atoms with Crippen molar-refractivity contribution in [1.29, 1.82) is 0 Å². The number of carbonyl (C=O) groups excluding carboxylic acids is 1. The summed E-state index contributed by atoms with van der Waals surface area (Å²) in [5.74, 6) is 0.869. The molecule has 5 heteroatoms. The summed E-state index contributed by atoms with van der Waals surface area (Å²) in [6.07, 6.45) is 0. The zero-order valence-electron chi connectivity index (χ0n) is 14.0. The third kappa shape index (κ3) is 2.72. The minimum atomic E-state index is -0.0128. The molecule has 0 N–H and O–H groups in total. The van der Waals surface area contributed by atoms with Crippen LogP contribution in [-0.2, 0) is 7.05 Å². The average Bonchev–Trinajstić information content (AvgIpc) is 3.27. The van der Waals surface area contributed by atoms with Gasteiger partial charge in [0.25, 0.3) is 5.91 Å². The van der Waals surface area contributed by atoms with Crippen LogP contribution in [0.15, 0.2) is 66.7 Å². The number of imidazole rings is 1. The van der Waals surface area contributed by atoms with E-state index in [1.165, 1.54) is 11.3 Å². The van der Waals surface area contributed by atoms with Crippen molar-refractivity contribution < 1.29 is 4.79 Å². The van der Waals surface area contributed by atoms with Crippen LogP contribution in [0.1, 0.15) is 9.67 Å². The lowest BCUT2D eigenvalue weighted by Gasteiger charge is -2.15. The summed E-state index contributed by atoms with van der Waals surface area (Å²) >= 11 is 1.47. The fourth-order valence-corrected chi connectivity index (χ4v) is 3.88. The van der Waals surface area contributed by atoms with E-state index in [1.807, 2.05) is 67.7 Å². The van der Waals surface area contributed by atoms with Gasteiger partial charge in [0.2, 0.25) is 0 Å². The van der Waals surface area contributed by atoms with Crippen molar-refractivity contribution in [3.8, 4) is 10.7 Å². The number of para-hydroxylation sites is 3. The van der Waals surface area contributed by atoms with Crippen LogP contribution in [0, 0.1) is 0 Å². The van der Waals surface area contributed by atoms with Crippen LogP contribution < -0.4 is 4.90 Å². The zero-order valence-corrected chi connectivity index (χ0v) is 14.8. The molecule has 4 aromatic rings. The topological polar surface area (TPSA) is 38.1 Å². The fourth-order valence-electron chi connectivity index (χ4n) is 2.87. The van der Waals surface area contributed by atoms with Crippen molar-refractivity contribution in [3.63, 3.8) is 0 Å². The maximum absolute atomic E-state index is 12.8. The summed E-state index contributed by atoms with van der Waals surface area (Å²) in [4.78, 5) is 20.8. The molecule has 0 spiro atoms. The molecule has 0 radical (unpaired) electrons. The van der Waals surface area contributed by atoms with Crippen molar-refractivity contribution in [3.05, 3.63) is 71.6 Å². The Morgan fingerprint density at radius 1 is 1.00 bits per heavy atom. The minimum absolute atomic E-state index is 0.0128. The first-order valence-electron chi connectivity index (χ1n) is 8.00. The Balaban J connectivity index is 1.68. The highest BCUT2D eigenvalue weighted by molar-refractivity contribution is 7.17. The highest BCUT2D eigenvalue weighted by Gasteiger charge is 2.18. The van der Waals surface area contributed by atoms with E-state index >= 15 is 0 Å². The third-order valence-electron chi connectivity index (χ3n) is 4.27. The number of thiophene rings is 1. The largest absolute Gasteiger partial charge is 0.326 e. The first kappa shape index (κ1) is 15.6. The molecule has 0 aliphatic rings. The van der Waals surface area contributed by atoms with Gasteiger partial charge in [-0.2, -0.15) is 0 Å². The van der Waals surface area contributed by atoms with Crippen molar-refractivity contribution in [2.45, 2.75) is 0 Å². The molecule has 2 aromatic heterocycles. The van der Waals surface area contributed by atoms with Gasteiger partial charge in [-0.15, -0.1) is 11.3 Å². The molecule has 25 heavy (non-hydrogen) atoms. The molecule has 124 valence electrons. The quantitative estimate of drug-likeness (QED) is 0.544. The number of hydrogen-bond acceptors (Lipinski definition) is 3. The molecule has 2 heterocycles. The van der Waals surface area contributed by atoms with Gasteiger partial charge in [-0.1, -0.05) is 30.3 Å². The molecule has 0 atom stereocenters. The summed E-state index contributed by atoms with van der Waals surface area (Å²) in [5.41, 5.74) is 2.92. The highest BCUT2D eigenvalue weighted by Crippen LogP contribution is 2.30. The second-order valence-corrected chi connectivity index (χ2v) is 6.93. The number of nitrogens with zero attached hydrogens (tertiary/aromatic N) is 3. The summed E-state index contributed by atoms with van der Waals surface area (Å²) < 4.78 is 2.07. The summed E-state index contributed by atoms with van der Waals surface area (Å²) in [7, 11) is 3.80. The molecule has 0 fully saturated rings. The van der Waals surface area contributed by atoms with E-state index in [2.05, 4.69) is 10.6 Å². The molecule has 0 saturated heterocycles. The fraction of sp³-hybridized carbons (Fsp3) is 0.100. The van der Waals surface area contributed by atoms with E-state index in [9.17, 15) is 4.79 Å². The van der Waals surface area contributed by atoms with Gasteiger partial charge >= 0.3 is 0 Å². The maximum Gasteiger partial charge on any atom is 0.268 e. The smallest absolute Gasteiger partial charge is 0.268 e. The number of aromatic nitrogens is 2. The number of benzene rings is 2. The molecule has 0 saturated carbocycles. The van der Waals surface area contributed by atoms with Crippen LogP contribution in [0.4, 0.5) is 5.69 Å². The van der Waals surface area contributed by atoms with Gasteiger partial charge in [0.1, 0.15) is 0 Å². The van der Waals surface area contributed by atoms with Gasteiger partial charge in [0, 0.05) is 19.8 Å².